The topological polar surface area (TPSA) is 3.24 Å². The molecule has 50 heavy (non-hydrogen) atoms. The number of hydrogen-bond acceptors (Lipinski definition) is 2. The lowest BCUT2D eigenvalue weighted by Crippen LogP contribution is -2.10. The van der Waals surface area contributed by atoms with Crippen LogP contribution < -0.4 is 4.90 Å². The van der Waals surface area contributed by atoms with Crippen LogP contribution in [-0.4, -0.2) is 0 Å². The van der Waals surface area contributed by atoms with Crippen molar-refractivity contribution in [3.63, 3.8) is 0 Å². The summed E-state index contributed by atoms with van der Waals surface area (Å²) in [6, 6.07) is 65.0. The Morgan fingerprint density at radius 1 is 0.340 bits per heavy atom. The van der Waals surface area contributed by atoms with E-state index >= 15 is 0 Å². The van der Waals surface area contributed by atoms with Crippen molar-refractivity contribution in [1.82, 2.24) is 0 Å². The van der Waals surface area contributed by atoms with Crippen molar-refractivity contribution in [2.45, 2.75) is 0 Å². The van der Waals surface area contributed by atoms with E-state index in [0.717, 1.165) is 11.4 Å². The Morgan fingerprint density at radius 2 is 0.880 bits per heavy atom. The first-order valence-corrected chi connectivity index (χ1v) is 18.0. The molecule has 0 aliphatic heterocycles. The molecule has 2 aliphatic rings. The summed E-state index contributed by atoms with van der Waals surface area (Å²) < 4.78 is 2.61. The molecule has 0 saturated carbocycles. The largest absolute Gasteiger partial charge is 0.310 e. The third-order valence-electron chi connectivity index (χ3n) is 10.6. The van der Waals surface area contributed by atoms with Gasteiger partial charge in [-0.05, 0) is 115 Å². The Hall–Kier alpha value is -6.22. The zero-order valence-corrected chi connectivity index (χ0v) is 27.9. The van der Waals surface area contributed by atoms with Crippen molar-refractivity contribution in [3.05, 3.63) is 176 Å². The minimum Gasteiger partial charge on any atom is -0.310 e. The van der Waals surface area contributed by atoms with Gasteiger partial charge < -0.3 is 4.90 Å². The van der Waals surface area contributed by atoms with E-state index in [2.05, 4.69) is 181 Å². The summed E-state index contributed by atoms with van der Waals surface area (Å²) in [5.41, 5.74) is 19.1. The highest BCUT2D eigenvalue weighted by Crippen LogP contribution is 2.57. The van der Waals surface area contributed by atoms with E-state index in [1.54, 1.807) is 0 Å². The van der Waals surface area contributed by atoms with Gasteiger partial charge in [-0.25, -0.2) is 0 Å². The second-order valence-corrected chi connectivity index (χ2v) is 14.3. The molecular weight excluding hydrogens is 623 g/mol. The molecule has 0 fully saturated rings. The van der Waals surface area contributed by atoms with Crippen LogP contribution in [0.3, 0.4) is 0 Å². The normalized spacial score (nSPS) is 12.0. The number of rotatable bonds is 4. The predicted molar refractivity (Wildman–Crippen MR) is 214 cm³/mol. The molecule has 2 heteroatoms. The molecule has 9 aromatic rings. The van der Waals surface area contributed by atoms with Crippen LogP contribution in [0.4, 0.5) is 17.1 Å². The summed E-state index contributed by atoms with van der Waals surface area (Å²) in [6.07, 6.45) is 0. The van der Waals surface area contributed by atoms with Crippen LogP contribution in [0.2, 0.25) is 0 Å². The summed E-state index contributed by atoms with van der Waals surface area (Å²) in [5.74, 6) is 0. The van der Waals surface area contributed by atoms with Gasteiger partial charge in [-0.3, -0.25) is 0 Å². The smallest absolute Gasteiger partial charge is 0.0554 e. The highest BCUT2D eigenvalue weighted by Gasteiger charge is 2.30. The number of fused-ring (bicyclic) bond motifs is 7. The number of para-hydroxylation sites is 1. The maximum Gasteiger partial charge on any atom is 0.0554 e. The van der Waals surface area contributed by atoms with E-state index in [-0.39, 0.29) is 0 Å². The molecule has 0 amide bonds. The quantitative estimate of drug-likeness (QED) is 0.183. The van der Waals surface area contributed by atoms with Crippen molar-refractivity contribution < 1.29 is 0 Å². The molecular formula is C48H29NS. The molecule has 0 N–H and O–H groups in total. The fourth-order valence-corrected chi connectivity index (χ4v) is 9.56. The molecule has 0 spiro atoms. The van der Waals surface area contributed by atoms with E-state index in [9.17, 15) is 0 Å². The van der Waals surface area contributed by atoms with E-state index in [0.29, 0.717) is 0 Å². The van der Waals surface area contributed by atoms with Crippen molar-refractivity contribution in [1.29, 1.82) is 0 Å². The third-order valence-corrected chi connectivity index (χ3v) is 11.7. The minimum absolute atomic E-state index is 1.14. The first-order valence-electron chi connectivity index (χ1n) is 17.2. The molecule has 11 rings (SSSR count). The summed E-state index contributed by atoms with van der Waals surface area (Å²) in [7, 11) is 0. The number of thiophene rings is 1. The van der Waals surface area contributed by atoms with Crippen LogP contribution in [0.25, 0.3) is 86.9 Å². The zero-order valence-electron chi connectivity index (χ0n) is 27.1. The summed E-state index contributed by atoms with van der Waals surface area (Å²) in [5, 5.41) is 2.60. The van der Waals surface area contributed by atoms with Crippen LogP contribution in [0.15, 0.2) is 176 Å². The standard InChI is InChI=1S/C48H29NS/c1-2-11-32(12-3-1)49(43-20-10-22-45-48(43)41-15-6-7-21-44(41)50-45)33-26-23-30(24-27-33)31-25-28-35-38-17-9-18-39-40-19-8-16-37(47(40)42(35)29-31)34-13-4-5-14-36(34)46(38)39/h1-29H. The number of benzene rings is 8. The Labute approximate surface area is 295 Å². The van der Waals surface area contributed by atoms with Gasteiger partial charge >= 0.3 is 0 Å². The first-order chi connectivity index (χ1) is 24.8. The van der Waals surface area contributed by atoms with Crippen molar-refractivity contribution in [2.24, 2.45) is 0 Å². The van der Waals surface area contributed by atoms with E-state index < -0.39 is 0 Å². The van der Waals surface area contributed by atoms with Gasteiger partial charge in [0.1, 0.15) is 0 Å². The molecule has 0 unspecified atom stereocenters. The molecule has 0 saturated heterocycles. The lowest BCUT2D eigenvalue weighted by atomic mass is 9.83. The van der Waals surface area contributed by atoms with Gasteiger partial charge in [-0.1, -0.05) is 127 Å². The highest BCUT2D eigenvalue weighted by atomic mass is 32.1. The summed E-state index contributed by atoms with van der Waals surface area (Å²) in [6.45, 7) is 0. The molecule has 8 aromatic carbocycles. The Morgan fingerprint density at radius 3 is 1.66 bits per heavy atom. The lowest BCUT2D eigenvalue weighted by molar-refractivity contribution is 1.30. The molecule has 0 atom stereocenters. The van der Waals surface area contributed by atoms with Gasteiger partial charge in [-0.2, -0.15) is 0 Å². The maximum absolute atomic E-state index is 2.42. The second-order valence-electron chi connectivity index (χ2n) is 13.2. The Balaban J connectivity index is 1.07. The fourth-order valence-electron chi connectivity index (χ4n) is 8.43. The first kappa shape index (κ1) is 27.7. The molecule has 1 aromatic heterocycles. The third kappa shape index (κ3) is 3.94. The Kier molecular flexibility index (Phi) is 5.89. The van der Waals surface area contributed by atoms with Crippen LogP contribution in [-0.2, 0) is 0 Å². The van der Waals surface area contributed by atoms with Crippen LogP contribution in [0, 0.1) is 0 Å². The van der Waals surface area contributed by atoms with Gasteiger partial charge in [0.25, 0.3) is 0 Å². The van der Waals surface area contributed by atoms with Gasteiger partial charge in [0, 0.05) is 31.5 Å². The number of nitrogens with zero attached hydrogens (tertiary/aromatic N) is 1. The Bertz CT molecular complexity index is 2780. The molecule has 232 valence electrons. The van der Waals surface area contributed by atoms with Crippen LogP contribution in [0.5, 0.6) is 0 Å². The monoisotopic (exact) mass is 651 g/mol. The number of anilines is 3. The van der Waals surface area contributed by atoms with Gasteiger partial charge in [0.2, 0.25) is 0 Å². The molecule has 1 nitrogen and oxygen atoms in total. The fraction of sp³-hybridized carbons (Fsp3) is 0. The van der Waals surface area contributed by atoms with Gasteiger partial charge in [0.05, 0.1) is 5.69 Å². The molecule has 0 radical (unpaired) electrons. The molecule has 2 aliphatic carbocycles. The van der Waals surface area contributed by atoms with Crippen molar-refractivity contribution in [3.8, 4) is 66.8 Å². The lowest BCUT2D eigenvalue weighted by Gasteiger charge is -2.26. The molecule has 1 heterocycles. The SMILES string of the molecule is c1ccc(N(c2ccc(-c3ccc4c(c3)-c3c5cccc3-c3cccc-4c3-c3ccccc3-5)cc2)c2cccc3sc4ccccc4c23)cc1. The molecule has 6 bridgehead atoms. The van der Waals surface area contributed by atoms with Crippen molar-refractivity contribution >= 4 is 48.6 Å². The van der Waals surface area contributed by atoms with Gasteiger partial charge in [-0.15, -0.1) is 11.3 Å². The summed E-state index contributed by atoms with van der Waals surface area (Å²) in [4.78, 5) is 2.41. The van der Waals surface area contributed by atoms with E-state index in [1.165, 1.54) is 92.6 Å². The predicted octanol–water partition coefficient (Wildman–Crippen LogP) is 14.2. The van der Waals surface area contributed by atoms with Crippen molar-refractivity contribution in [2.75, 3.05) is 4.90 Å². The van der Waals surface area contributed by atoms with E-state index in [1.807, 2.05) is 11.3 Å². The van der Waals surface area contributed by atoms with E-state index in [4.69, 9.17) is 0 Å². The van der Waals surface area contributed by atoms with Crippen LogP contribution in [0.1, 0.15) is 0 Å². The zero-order chi connectivity index (χ0) is 32.8. The second kappa shape index (κ2) is 10.6. The summed E-state index contributed by atoms with van der Waals surface area (Å²) >= 11 is 1.86. The van der Waals surface area contributed by atoms with Gasteiger partial charge in [0.15, 0.2) is 0 Å². The average molecular weight is 652 g/mol. The minimum atomic E-state index is 1.14. The average Bonchev–Trinajstić information content (AvgIpc) is 3.52. The number of hydrogen-bond donors (Lipinski definition) is 0. The maximum atomic E-state index is 2.42. The highest BCUT2D eigenvalue weighted by molar-refractivity contribution is 7.26. The van der Waals surface area contributed by atoms with Crippen LogP contribution >= 0.6 is 11.3 Å².